The van der Waals surface area contributed by atoms with E-state index in [0.717, 1.165) is 43.7 Å². The average molecular weight is 382 g/mol. The molecule has 1 aromatic rings. The summed E-state index contributed by atoms with van der Waals surface area (Å²) in [5.41, 5.74) is 1.26. The van der Waals surface area contributed by atoms with Crippen molar-refractivity contribution in [1.29, 1.82) is 0 Å². The molecule has 2 fully saturated rings. The molecule has 2 unspecified atom stereocenters. The Morgan fingerprint density at radius 3 is 2.85 bits per heavy atom. The van der Waals surface area contributed by atoms with Gasteiger partial charge >= 0.3 is 5.97 Å². The summed E-state index contributed by atoms with van der Waals surface area (Å²) in [5.74, 6) is 0.686. The van der Waals surface area contributed by atoms with Crippen molar-refractivity contribution in [3.05, 3.63) is 29.3 Å². The molecule has 0 spiro atoms. The minimum Gasteiger partial charge on any atom is -0.489 e. The van der Waals surface area contributed by atoms with Crippen molar-refractivity contribution in [2.45, 2.75) is 56.7 Å². The Morgan fingerprint density at radius 2 is 2.15 bits per heavy atom. The van der Waals surface area contributed by atoms with Gasteiger partial charge in [0.2, 0.25) is 0 Å². The summed E-state index contributed by atoms with van der Waals surface area (Å²) in [4.78, 5) is 14.5. The van der Waals surface area contributed by atoms with E-state index >= 15 is 0 Å². The van der Waals surface area contributed by atoms with Gasteiger partial charge < -0.3 is 14.2 Å². The van der Waals surface area contributed by atoms with Gasteiger partial charge in [0.05, 0.1) is 18.3 Å². The Kier molecular flexibility index (Phi) is 6.79. The number of rotatable bonds is 7. The first-order valence-corrected chi connectivity index (χ1v) is 9.99. The number of esters is 1. The number of halogens is 1. The van der Waals surface area contributed by atoms with Gasteiger partial charge in [0, 0.05) is 32.1 Å². The lowest BCUT2D eigenvalue weighted by Gasteiger charge is -2.29. The monoisotopic (exact) mass is 381 g/mol. The summed E-state index contributed by atoms with van der Waals surface area (Å²) >= 11 is 6.04. The van der Waals surface area contributed by atoms with Gasteiger partial charge in [-0.25, -0.2) is 4.79 Å². The topological polar surface area (TPSA) is 48.0 Å². The number of likely N-dealkylation sites (tertiary alicyclic amines) is 1. The van der Waals surface area contributed by atoms with Gasteiger partial charge in [0.15, 0.2) is 0 Å². The van der Waals surface area contributed by atoms with Crippen molar-refractivity contribution in [3.8, 4) is 5.75 Å². The number of ether oxygens (including phenoxy) is 3. The van der Waals surface area contributed by atoms with Gasteiger partial charge in [0.25, 0.3) is 0 Å². The Labute approximate surface area is 160 Å². The summed E-state index contributed by atoms with van der Waals surface area (Å²) in [6, 6.07) is 5.90. The molecule has 6 heteroatoms. The van der Waals surface area contributed by atoms with E-state index in [9.17, 15) is 4.79 Å². The molecule has 5 nitrogen and oxygen atoms in total. The first kappa shape index (κ1) is 19.5. The van der Waals surface area contributed by atoms with Crippen LogP contribution in [-0.4, -0.2) is 55.9 Å². The highest BCUT2D eigenvalue weighted by atomic mass is 35.5. The number of hydrogen-bond donors (Lipinski definition) is 0. The largest absolute Gasteiger partial charge is 0.489 e. The Morgan fingerprint density at radius 1 is 1.31 bits per heavy atom. The molecule has 1 saturated heterocycles. The van der Waals surface area contributed by atoms with Crippen molar-refractivity contribution in [2.75, 3.05) is 26.8 Å². The number of hydrogen-bond acceptors (Lipinski definition) is 5. The first-order chi connectivity index (χ1) is 12.7. The van der Waals surface area contributed by atoms with Crippen LogP contribution >= 0.6 is 11.6 Å². The quantitative estimate of drug-likeness (QED) is 0.533. The second-order valence-electron chi connectivity index (χ2n) is 6.97. The first-order valence-electron chi connectivity index (χ1n) is 9.45. The van der Waals surface area contributed by atoms with E-state index < -0.39 is 0 Å². The predicted octanol–water partition coefficient (Wildman–Crippen LogP) is 3.62. The molecule has 1 aliphatic heterocycles. The van der Waals surface area contributed by atoms with Crippen LogP contribution in [0.25, 0.3) is 0 Å². The molecule has 1 aromatic carbocycles. The molecule has 1 aliphatic carbocycles. The SMILES string of the molecule is CCOC(=O)c1ccc(OC2CCCC2N2CC[C@H](OC)C2)cc1CCl. The second-order valence-corrected chi connectivity index (χ2v) is 7.24. The van der Waals surface area contributed by atoms with Crippen LogP contribution in [0.5, 0.6) is 5.75 Å². The highest BCUT2D eigenvalue weighted by Gasteiger charge is 2.37. The average Bonchev–Trinajstić information content (AvgIpc) is 3.30. The maximum Gasteiger partial charge on any atom is 0.338 e. The molecular formula is C20H28ClNO4. The Bertz CT molecular complexity index is 624. The fraction of sp³-hybridized carbons (Fsp3) is 0.650. The van der Waals surface area contributed by atoms with Crippen molar-refractivity contribution < 1.29 is 19.0 Å². The molecule has 0 aromatic heterocycles. The maximum atomic E-state index is 12.0. The number of carbonyl (C=O) groups is 1. The zero-order valence-electron chi connectivity index (χ0n) is 15.6. The number of methoxy groups -OCH3 is 1. The van der Waals surface area contributed by atoms with Crippen LogP contribution in [0.4, 0.5) is 0 Å². The maximum absolute atomic E-state index is 12.0. The molecule has 0 N–H and O–H groups in total. The van der Waals surface area contributed by atoms with E-state index in [-0.39, 0.29) is 18.0 Å². The van der Waals surface area contributed by atoms with Crippen LogP contribution in [-0.2, 0) is 15.4 Å². The van der Waals surface area contributed by atoms with Crippen LogP contribution in [0.1, 0.15) is 48.5 Å². The van der Waals surface area contributed by atoms with E-state index in [1.54, 1.807) is 20.1 Å². The second kappa shape index (κ2) is 9.07. The van der Waals surface area contributed by atoms with E-state index in [2.05, 4.69) is 4.90 Å². The molecule has 2 aliphatic rings. The number of carbonyl (C=O) groups excluding carboxylic acids is 1. The highest BCUT2D eigenvalue weighted by Crippen LogP contribution is 2.32. The summed E-state index contributed by atoms with van der Waals surface area (Å²) in [6.45, 7) is 4.19. The van der Waals surface area contributed by atoms with E-state index in [0.29, 0.717) is 24.3 Å². The molecule has 3 atom stereocenters. The molecule has 1 saturated carbocycles. The minimum absolute atomic E-state index is 0.169. The summed E-state index contributed by atoms with van der Waals surface area (Å²) in [6.07, 6.45) is 4.97. The summed E-state index contributed by atoms with van der Waals surface area (Å²) in [5, 5.41) is 0. The van der Waals surface area contributed by atoms with Crippen molar-refractivity contribution in [3.63, 3.8) is 0 Å². The zero-order valence-corrected chi connectivity index (χ0v) is 16.3. The molecule has 1 heterocycles. The highest BCUT2D eigenvalue weighted by molar-refractivity contribution is 6.17. The molecule has 0 bridgehead atoms. The Balaban J connectivity index is 1.68. The number of alkyl halides is 1. The third kappa shape index (κ3) is 4.33. The molecule has 144 valence electrons. The van der Waals surface area contributed by atoms with Crippen molar-refractivity contribution in [1.82, 2.24) is 4.90 Å². The lowest BCUT2D eigenvalue weighted by molar-refractivity contribution is 0.0525. The smallest absolute Gasteiger partial charge is 0.338 e. The normalized spacial score (nSPS) is 26.2. The van der Waals surface area contributed by atoms with Crippen LogP contribution in [0.3, 0.4) is 0 Å². The lowest BCUT2D eigenvalue weighted by Crippen LogP contribution is -2.42. The molecule has 3 rings (SSSR count). The lowest BCUT2D eigenvalue weighted by atomic mass is 10.1. The van der Waals surface area contributed by atoms with Gasteiger partial charge in [0.1, 0.15) is 11.9 Å². The van der Waals surface area contributed by atoms with E-state index in [4.69, 9.17) is 25.8 Å². The van der Waals surface area contributed by atoms with Gasteiger partial charge in [-0.2, -0.15) is 0 Å². The van der Waals surface area contributed by atoms with Crippen LogP contribution in [0, 0.1) is 0 Å². The summed E-state index contributed by atoms with van der Waals surface area (Å²) < 4.78 is 16.9. The van der Waals surface area contributed by atoms with Crippen molar-refractivity contribution in [2.24, 2.45) is 0 Å². The number of nitrogens with zero attached hydrogens (tertiary/aromatic N) is 1. The predicted molar refractivity (Wildman–Crippen MR) is 101 cm³/mol. The number of benzene rings is 1. The Hall–Kier alpha value is -1.30. The van der Waals surface area contributed by atoms with E-state index in [1.165, 1.54) is 6.42 Å². The fourth-order valence-electron chi connectivity index (χ4n) is 4.05. The third-order valence-corrected chi connectivity index (χ3v) is 5.69. The van der Waals surface area contributed by atoms with Crippen LogP contribution in [0.2, 0.25) is 0 Å². The molecule has 0 amide bonds. The molecule has 26 heavy (non-hydrogen) atoms. The van der Waals surface area contributed by atoms with Gasteiger partial charge in [-0.15, -0.1) is 11.6 Å². The van der Waals surface area contributed by atoms with Crippen molar-refractivity contribution >= 4 is 17.6 Å². The van der Waals surface area contributed by atoms with Crippen LogP contribution in [0.15, 0.2) is 18.2 Å². The van der Waals surface area contributed by atoms with E-state index in [1.807, 2.05) is 12.1 Å². The zero-order chi connectivity index (χ0) is 18.5. The summed E-state index contributed by atoms with van der Waals surface area (Å²) in [7, 11) is 1.79. The minimum atomic E-state index is -0.337. The van der Waals surface area contributed by atoms with Gasteiger partial charge in [-0.3, -0.25) is 4.90 Å². The molecular weight excluding hydrogens is 354 g/mol. The third-order valence-electron chi connectivity index (χ3n) is 5.40. The standard InChI is InChI=1S/C20H28ClNO4/c1-3-25-20(23)17-8-7-15(11-14(17)12-21)26-19-6-4-5-18(19)22-10-9-16(13-22)24-2/h7-8,11,16,18-19H,3-6,9-10,12-13H2,1-2H3/t16-,18?,19?/m0/s1. The fourth-order valence-corrected chi connectivity index (χ4v) is 4.27. The molecule has 0 radical (unpaired) electrons. The van der Waals surface area contributed by atoms with Crippen LogP contribution < -0.4 is 4.74 Å². The van der Waals surface area contributed by atoms with Gasteiger partial charge in [-0.05, 0) is 56.4 Å². The van der Waals surface area contributed by atoms with Gasteiger partial charge in [-0.1, -0.05) is 0 Å².